The van der Waals surface area contributed by atoms with E-state index >= 15 is 0 Å². The first-order chi connectivity index (χ1) is 7.69. The second-order valence-electron chi connectivity index (χ2n) is 4.08. The van der Waals surface area contributed by atoms with Gasteiger partial charge in [-0.05, 0) is 54.3 Å². The Bertz CT molecular complexity index is 369. The highest BCUT2D eigenvalue weighted by Gasteiger charge is 2.30. The Balaban J connectivity index is 1.87. The van der Waals surface area contributed by atoms with Crippen LogP contribution < -0.4 is 10.1 Å². The maximum Gasteiger partial charge on any atom is 0.232 e. The average molecular weight is 306 g/mol. The van der Waals surface area contributed by atoms with Crippen molar-refractivity contribution in [2.24, 2.45) is 5.92 Å². The normalized spacial score (nSPS) is 23.9. The van der Waals surface area contributed by atoms with Gasteiger partial charge in [-0.1, -0.05) is 11.6 Å². The van der Waals surface area contributed by atoms with Gasteiger partial charge < -0.3 is 10.1 Å². The Hall–Kier alpha value is -0.320. The largest absolute Gasteiger partial charge is 0.473 e. The first-order valence-corrected chi connectivity index (χ1v) is 6.48. The zero-order chi connectivity index (χ0) is 11.5. The second kappa shape index (κ2) is 5.34. The fourth-order valence-electron chi connectivity index (χ4n) is 1.87. The van der Waals surface area contributed by atoms with Gasteiger partial charge in [-0.3, -0.25) is 0 Å². The van der Waals surface area contributed by atoms with Crippen molar-refractivity contribution in [1.29, 1.82) is 0 Å². The molecule has 0 radical (unpaired) electrons. The number of hydrogen-bond donors (Lipinski definition) is 1. The molecule has 0 spiro atoms. The molecule has 1 aromatic rings. The second-order valence-corrected chi connectivity index (χ2v) is 5.40. The topological polar surface area (TPSA) is 34.1 Å². The lowest BCUT2D eigenvalue weighted by Gasteiger charge is -2.35. The van der Waals surface area contributed by atoms with Gasteiger partial charge in [-0.25, -0.2) is 4.98 Å². The lowest BCUT2D eigenvalue weighted by atomic mass is 9.82. The van der Waals surface area contributed by atoms with Crippen LogP contribution in [0.15, 0.2) is 16.7 Å². The fraction of sp³-hybridized carbons (Fsp3) is 0.545. The molecule has 1 fully saturated rings. The summed E-state index contributed by atoms with van der Waals surface area (Å²) in [5.74, 6) is 1.27. The Kier molecular flexibility index (Phi) is 4.05. The van der Waals surface area contributed by atoms with E-state index in [2.05, 4.69) is 26.2 Å². The predicted molar refractivity (Wildman–Crippen MR) is 68.0 cm³/mol. The molecule has 1 heterocycles. The van der Waals surface area contributed by atoms with Crippen molar-refractivity contribution >= 4 is 27.5 Å². The van der Waals surface area contributed by atoms with Gasteiger partial charge in [0.1, 0.15) is 11.1 Å². The van der Waals surface area contributed by atoms with Crippen LogP contribution in [-0.4, -0.2) is 24.7 Å². The summed E-state index contributed by atoms with van der Waals surface area (Å²) in [6.07, 6.45) is 4.12. The SMILES string of the molecule is CNCC1CC(Oc2ncc(Br)cc2Cl)C1. The number of hydrogen-bond acceptors (Lipinski definition) is 3. The highest BCUT2D eigenvalue weighted by molar-refractivity contribution is 9.10. The summed E-state index contributed by atoms with van der Waals surface area (Å²) in [4.78, 5) is 4.15. The highest BCUT2D eigenvalue weighted by atomic mass is 79.9. The molecule has 0 unspecified atom stereocenters. The van der Waals surface area contributed by atoms with Crippen LogP contribution in [0.2, 0.25) is 5.02 Å². The molecular formula is C11H14BrClN2O. The summed E-state index contributed by atoms with van der Waals surface area (Å²) in [7, 11) is 1.97. The van der Waals surface area contributed by atoms with E-state index in [4.69, 9.17) is 16.3 Å². The minimum atomic E-state index is 0.268. The lowest BCUT2D eigenvalue weighted by Crippen LogP contribution is -2.38. The molecule has 0 atom stereocenters. The summed E-state index contributed by atoms with van der Waals surface area (Å²) in [6, 6.07) is 1.80. The van der Waals surface area contributed by atoms with Crippen LogP contribution in [0, 0.1) is 5.92 Å². The van der Waals surface area contributed by atoms with Crippen molar-refractivity contribution in [1.82, 2.24) is 10.3 Å². The van der Waals surface area contributed by atoms with Crippen LogP contribution in [0.1, 0.15) is 12.8 Å². The maximum absolute atomic E-state index is 6.02. The van der Waals surface area contributed by atoms with Crippen LogP contribution in [-0.2, 0) is 0 Å². The van der Waals surface area contributed by atoms with E-state index in [0.717, 1.165) is 29.8 Å². The zero-order valence-electron chi connectivity index (χ0n) is 9.04. The van der Waals surface area contributed by atoms with Crippen molar-refractivity contribution in [2.75, 3.05) is 13.6 Å². The number of nitrogens with one attached hydrogen (secondary N) is 1. The fourth-order valence-corrected chi connectivity index (χ4v) is 2.55. The van der Waals surface area contributed by atoms with Crippen LogP contribution in [0.5, 0.6) is 5.88 Å². The third-order valence-electron chi connectivity index (χ3n) is 2.74. The molecule has 88 valence electrons. The van der Waals surface area contributed by atoms with Gasteiger partial charge in [0.25, 0.3) is 0 Å². The third-order valence-corrected chi connectivity index (χ3v) is 3.44. The van der Waals surface area contributed by atoms with Crippen LogP contribution in [0.3, 0.4) is 0 Å². The van der Waals surface area contributed by atoms with E-state index in [1.54, 1.807) is 12.3 Å². The molecule has 0 bridgehead atoms. The molecule has 3 nitrogen and oxygen atoms in total. The number of aromatic nitrogens is 1. The van der Waals surface area contributed by atoms with E-state index < -0.39 is 0 Å². The molecule has 0 aliphatic heterocycles. The molecule has 1 aromatic heterocycles. The zero-order valence-corrected chi connectivity index (χ0v) is 11.4. The molecule has 0 saturated heterocycles. The molecule has 1 aliphatic rings. The van der Waals surface area contributed by atoms with Crippen molar-refractivity contribution in [2.45, 2.75) is 18.9 Å². The van der Waals surface area contributed by atoms with E-state index in [9.17, 15) is 0 Å². The Morgan fingerprint density at radius 1 is 1.62 bits per heavy atom. The number of pyridine rings is 1. The number of ether oxygens (including phenoxy) is 1. The molecule has 0 aromatic carbocycles. The summed E-state index contributed by atoms with van der Waals surface area (Å²) >= 11 is 9.34. The Morgan fingerprint density at radius 2 is 2.38 bits per heavy atom. The van der Waals surface area contributed by atoms with Crippen LogP contribution in [0.4, 0.5) is 0 Å². The smallest absolute Gasteiger partial charge is 0.232 e. The summed E-state index contributed by atoms with van der Waals surface area (Å²) in [5, 5.41) is 3.73. The molecule has 2 rings (SSSR count). The minimum Gasteiger partial charge on any atom is -0.473 e. The van der Waals surface area contributed by atoms with Crippen molar-refractivity contribution in [3.63, 3.8) is 0 Å². The van der Waals surface area contributed by atoms with Crippen molar-refractivity contribution < 1.29 is 4.74 Å². The first-order valence-electron chi connectivity index (χ1n) is 5.31. The molecule has 1 saturated carbocycles. The van der Waals surface area contributed by atoms with E-state index in [-0.39, 0.29) is 6.10 Å². The molecule has 1 aliphatic carbocycles. The Morgan fingerprint density at radius 3 is 3.00 bits per heavy atom. The van der Waals surface area contributed by atoms with Gasteiger partial charge in [0, 0.05) is 10.7 Å². The quantitative estimate of drug-likeness (QED) is 0.929. The van der Waals surface area contributed by atoms with Crippen molar-refractivity contribution in [3.8, 4) is 5.88 Å². The van der Waals surface area contributed by atoms with Crippen LogP contribution >= 0.6 is 27.5 Å². The minimum absolute atomic E-state index is 0.268. The van der Waals surface area contributed by atoms with E-state index in [0.29, 0.717) is 10.9 Å². The number of nitrogens with zero attached hydrogens (tertiary/aromatic N) is 1. The maximum atomic E-state index is 6.02. The van der Waals surface area contributed by atoms with Gasteiger partial charge in [-0.15, -0.1) is 0 Å². The van der Waals surface area contributed by atoms with Crippen LogP contribution in [0.25, 0.3) is 0 Å². The summed E-state index contributed by atoms with van der Waals surface area (Å²) < 4.78 is 6.59. The van der Waals surface area contributed by atoms with Gasteiger partial charge in [0.05, 0.1) is 0 Å². The molecular weight excluding hydrogens is 291 g/mol. The number of rotatable bonds is 4. The van der Waals surface area contributed by atoms with Gasteiger partial charge in [0.15, 0.2) is 0 Å². The third kappa shape index (κ3) is 2.87. The van der Waals surface area contributed by atoms with Gasteiger partial charge in [-0.2, -0.15) is 0 Å². The standard InChI is InChI=1S/C11H14BrClN2O/c1-14-5-7-2-9(3-7)16-11-10(13)4-8(12)6-15-11/h4,6-7,9,14H,2-3,5H2,1H3. The predicted octanol–water partition coefficient (Wildman–Crippen LogP) is 2.87. The lowest BCUT2D eigenvalue weighted by molar-refractivity contribution is 0.0617. The molecule has 5 heteroatoms. The molecule has 0 amide bonds. The van der Waals surface area contributed by atoms with Gasteiger partial charge in [0.2, 0.25) is 5.88 Å². The molecule has 16 heavy (non-hydrogen) atoms. The highest BCUT2D eigenvalue weighted by Crippen LogP contribution is 2.33. The number of halogens is 2. The average Bonchev–Trinajstić information content (AvgIpc) is 2.18. The molecule has 1 N–H and O–H groups in total. The summed E-state index contributed by atoms with van der Waals surface area (Å²) in [6.45, 7) is 1.06. The van der Waals surface area contributed by atoms with Gasteiger partial charge >= 0.3 is 0 Å². The van der Waals surface area contributed by atoms with E-state index in [1.807, 2.05) is 7.05 Å². The van der Waals surface area contributed by atoms with Crippen molar-refractivity contribution in [3.05, 3.63) is 21.8 Å². The summed E-state index contributed by atoms with van der Waals surface area (Å²) in [5.41, 5.74) is 0. The van der Waals surface area contributed by atoms with E-state index in [1.165, 1.54) is 0 Å². The monoisotopic (exact) mass is 304 g/mol. The first kappa shape index (κ1) is 12.1. The Labute approximate surface area is 109 Å².